The van der Waals surface area contributed by atoms with Crippen molar-refractivity contribution in [1.29, 1.82) is 0 Å². The van der Waals surface area contributed by atoms with Gasteiger partial charge in [0.1, 0.15) is 11.7 Å². The molecule has 3 amide bonds. The second-order valence-corrected chi connectivity index (χ2v) is 11.5. The van der Waals surface area contributed by atoms with Crippen molar-refractivity contribution in [2.45, 2.75) is 57.7 Å². The molecular formula is C31H45F2N5O6. The molecule has 2 aromatic rings. The Morgan fingerprint density at radius 2 is 1.57 bits per heavy atom. The molecule has 2 unspecified atom stereocenters. The monoisotopic (exact) mass is 621 g/mol. The van der Waals surface area contributed by atoms with Crippen molar-refractivity contribution < 1.29 is 37.7 Å². The van der Waals surface area contributed by atoms with Gasteiger partial charge in [0.2, 0.25) is 11.8 Å². The predicted molar refractivity (Wildman–Crippen MR) is 160 cm³/mol. The van der Waals surface area contributed by atoms with Gasteiger partial charge in [-0.2, -0.15) is 0 Å². The summed E-state index contributed by atoms with van der Waals surface area (Å²) in [6, 6.07) is 2.67. The standard InChI is InChI=1S/C31H45F2N5O6/c1-21(34-2)29(40)35-28(22-6-4-3-5-7-22)31(42)37-10-8-36(9-11-37)30(41)27-19-23-18-24(32)25(33)20-26(23)38(27)12-14-43-16-17-44-15-13-39/h18-22,28,34,39H,3-17H2,1-2H3,(H,35,40). The SMILES string of the molecule is CNC(C)C(=O)NC(C(=O)N1CCN(C(=O)c2cc3cc(F)c(F)cc3n2CCOCCOCCO)CC1)C1CCCCC1. The fraction of sp³-hybridized carbons (Fsp3) is 0.645. The number of piperazine rings is 1. The Labute approximate surface area is 256 Å². The highest BCUT2D eigenvalue weighted by Gasteiger charge is 2.36. The molecule has 0 bridgehead atoms. The van der Waals surface area contributed by atoms with E-state index >= 15 is 0 Å². The predicted octanol–water partition coefficient (Wildman–Crippen LogP) is 1.90. The van der Waals surface area contributed by atoms with Crippen LogP contribution in [0.1, 0.15) is 49.5 Å². The average Bonchev–Trinajstić information content (AvgIpc) is 3.39. The average molecular weight is 622 g/mol. The van der Waals surface area contributed by atoms with Crippen LogP contribution in [0.4, 0.5) is 8.78 Å². The number of nitrogens with zero attached hydrogens (tertiary/aromatic N) is 3. The Morgan fingerprint density at radius 3 is 2.23 bits per heavy atom. The van der Waals surface area contributed by atoms with E-state index in [0.29, 0.717) is 30.6 Å². The summed E-state index contributed by atoms with van der Waals surface area (Å²) in [4.78, 5) is 43.6. The zero-order chi connectivity index (χ0) is 31.6. The Morgan fingerprint density at radius 1 is 0.932 bits per heavy atom. The summed E-state index contributed by atoms with van der Waals surface area (Å²) >= 11 is 0. The molecule has 1 aromatic carbocycles. The number of aliphatic hydroxyl groups excluding tert-OH is 1. The number of aliphatic hydroxyl groups is 1. The molecule has 1 aliphatic heterocycles. The number of benzene rings is 1. The second-order valence-electron chi connectivity index (χ2n) is 11.5. The van der Waals surface area contributed by atoms with Crippen LogP contribution >= 0.6 is 0 Å². The van der Waals surface area contributed by atoms with Gasteiger partial charge in [-0.15, -0.1) is 0 Å². The van der Waals surface area contributed by atoms with E-state index in [0.717, 1.165) is 44.2 Å². The van der Waals surface area contributed by atoms with Gasteiger partial charge in [-0.05, 0) is 44.9 Å². The molecule has 2 heterocycles. The second kappa shape index (κ2) is 16.3. The third-order valence-electron chi connectivity index (χ3n) is 8.62. The maximum atomic E-state index is 14.2. The first-order chi connectivity index (χ1) is 21.2. The molecule has 1 aliphatic carbocycles. The molecule has 4 rings (SSSR count). The first kappa shape index (κ1) is 33.8. The smallest absolute Gasteiger partial charge is 0.270 e. The van der Waals surface area contributed by atoms with Crippen molar-refractivity contribution in [3.8, 4) is 0 Å². The number of fused-ring (bicyclic) bond motifs is 1. The molecule has 2 fully saturated rings. The normalized spacial score (nSPS) is 17.6. The fourth-order valence-electron chi connectivity index (χ4n) is 5.96. The van der Waals surface area contributed by atoms with Gasteiger partial charge in [0.15, 0.2) is 11.6 Å². The van der Waals surface area contributed by atoms with E-state index in [4.69, 9.17) is 14.6 Å². The van der Waals surface area contributed by atoms with Crippen LogP contribution < -0.4 is 10.6 Å². The molecule has 11 nitrogen and oxygen atoms in total. The third-order valence-corrected chi connectivity index (χ3v) is 8.62. The van der Waals surface area contributed by atoms with Gasteiger partial charge < -0.3 is 39.6 Å². The van der Waals surface area contributed by atoms with Crippen molar-refractivity contribution in [1.82, 2.24) is 25.0 Å². The molecule has 3 N–H and O–H groups in total. The lowest BCUT2D eigenvalue weighted by atomic mass is 9.83. The fourth-order valence-corrected chi connectivity index (χ4v) is 5.96. The molecule has 1 saturated carbocycles. The van der Waals surface area contributed by atoms with E-state index in [1.54, 1.807) is 34.4 Å². The molecule has 44 heavy (non-hydrogen) atoms. The van der Waals surface area contributed by atoms with Crippen LogP contribution in [-0.2, 0) is 25.6 Å². The zero-order valence-electron chi connectivity index (χ0n) is 25.7. The van der Waals surface area contributed by atoms with Gasteiger partial charge in [0, 0.05) is 44.2 Å². The van der Waals surface area contributed by atoms with Crippen molar-refractivity contribution in [3.05, 3.63) is 35.5 Å². The quantitative estimate of drug-likeness (QED) is 0.275. The van der Waals surface area contributed by atoms with Gasteiger partial charge in [-0.3, -0.25) is 14.4 Å². The van der Waals surface area contributed by atoms with E-state index in [2.05, 4.69) is 10.6 Å². The van der Waals surface area contributed by atoms with Crippen LogP contribution in [0.25, 0.3) is 10.9 Å². The first-order valence-corrected chi connectivity index (χ1v) is 15.6. The number of carbonyl (C=O) groups excluding carboxylic acids is 3. The number of carbonyl (C=O) groups is 3. The number of halogens is 2. The molecule has 13 heteroatoms. The minimum Gasteiger partial charge on any atom is -0.394 e. The lowest BCUT2D eigenvalue weighted by Crippen LogP contribution is -2.59. The van der Waals surface area contributed by atoms with Gasteiger partial charge in [0.25, 0.3) is 5.91 Å². The van der Waals surface area contributed by atoms with E-state index in [9.17, 15) is 23.2 Å². The Hall–Kier alpha value is -3.13. The molecule has 244 valence electrons. The summed E-state index contributed by atoms with van der Waals surface area (Å²) in [7, 11) is 1.70. The number of amides is 3. The van der Waals surface area contributed by atoms with Crippen LogP contribution in [0.2, 0.25) is 0 Å². The van der Waals surface area contributed by atoms with Gasteiger partial charge in [0.05, 0.1) is 44.6 Å². The Kier molecular flexibility index (Phi) is 12.5. The van der Waals surface area contributed by atoms with Crippen LogP contribution in [0.5, 0.6) is 0 Å². The van der Waals surface area contributed by atoms with Gasteiger partial charge in [-0.1, -0.05) is 19.3 Å². The largest absolute Gasteiger partial charge is 0.394 e. The maximum Gasteiger partial charge on any atom is 0.270 e. The Bertz CT molecular complexity index is 1280. The summed E-state index contributed by atoms with van der Waals surface area (Å²) in [5, 5.41) is 15.1. The summed E-state index contributed by atoms with van der Waals surface area (Å²) in [6.45, 7) is 4.06. The molecule has 1 aromatic heterocycles. The van der Waals surface area contributed by atoms with Crippen molar-refractivity contribution >= 4 is 28.6 Å². The van der Waals surface area contributed by atoms with Crippen LogP contribution in [0.3, 0.4) is 0 Å². The van der Waals surface area contributed by atoms with Crippen molar-refractivity contribution in [2.24, 2.45) is 5.92 Å². The summed E-state index contributed by atoms with van der Waals surface area (Å²) in [5.41, 5.74) is 0.654. The molecule has 2 aliphatic rings. The van der Waals surface area contributed by atoms with Gasteiger partial charge >= 0.3 is 0 Å². The van der Waals surface area contributed by atoms with Gasteiger partial charge in [-0.25, -0.2) is 8.78 Å². The number of rotatable bonds is 14. The first-order valence-electron chi connectivity index (χ1n) is 15.6. The van der Waals surface area contributed by atoms with E-state index in [1.165, 1.54) is 0 Å². The number of likely N-dealkylation sites (N-methyl/N-ethyl adjacent to an activating group) is 1. The molecule has 2 atom stereocenters. The highest BCUT2D eigenvalue weighted by Crippen LogP contribution is 2.28. The topological polar surface area (TPSA) is 125 Å². The van der Waals surface area contributed by atoms with Crippen LogP contribution in [0.15, 0.2) is 18.2 Å². The highest BCUT2D eigenvalue weighted by molar-refractivity contribution is 5.99. The molecule has 0 spiro atoms. The van der Waals surface area contributed by atoms with E-state index in [-0.39, 0.29) is 75.4 Å². The summed E-state index contributed by atoms with van der Waals surface area (Å²) in [6.07, 6.45) is 4.94. The minimum atomic E-state index is -1.01. The molecule has 1 saturated heterocycles. The number of aromatic nitrogens is 1. The minimum absolute atomic E-state index is 0.0730. The number of nitrogens with one attached hydrogen (secondary N) is 2. The Balaban J connectivity index is 1.44. The van der Waals surface area contributed by atoms with E-state index < -0.39 is 23.7 Å². The van der Waals surface area contributed by atoms with Crippen molar-refractivity contribution in [2.75, 3.05) is 66.3 Å². The number of ether oxygens (including phenoxy) is 2. The van der Waals surface area contributed by atoms with Crippen LogP contribution in [-0.4, -0.2) is 116 Å². The lowest BCUT2D eigenvalue weighted by molar-refractivity contribution is -0.140. The number of hydrogen-bond donors (Lipinski definition) is 3. The summed E-state index contributed by atoms with van der Waals surface area (Å²) < 4.78 is 40.7. The lowest BCUT2D eigenvalue weighted by Gasteiger charge is -2.39. The van der Waals surface area contributed by atoms with Crippen LogP contribution in [0, 0.1) is 17.6 Å². The third kappa shape index (κ3) is 8.32. The molecule has 0 radical (unpaired) electrons. The maximum absolute atomic E-state index is 14.2. The zero-order valence-corrected chi connectivity index (χ0v) is 25.7. The molecular weight excluding hydrogens is 576 g/mol. The van der Waals surface area contributed by atoms with Crippen molar-refractivity contribution in [3.63, 3.8) is 0 Å². The number of hydrogen-bond acceptors (Lipinski definition) is 7. The highest BCUT2D eigenvalue weighted by atomic mass is 19.2. The summed E-state index contributed by atoms with van der Waals surface area (Å²) in [5.74, 6) is -2.58. The van der Waals surface area contributed by atoms with E-state index in [1.807, 2.05) is 0 Å².